The molecule has 2 heterocycles. The third-order valence-corrected chi connectivity index (χ3v) is 10.1. The predicted octanol–water partition coefficient (Wildman–Crippen LogP) is 8.08. The Morgan fingerprint density at radius 2 is 1.53 bits per heavy atom. The van der Waals surface area contributed by atoms with Crippen molar-refractivity contribution in [2.24, 2.45) is 0 Å². The number of carbonyl (C=O) groups excluding carboxylic acids is 2. The number of piperazine rings is 1. The molecule has 6 rings (SSSR count). The van der Waals surface area contributed by atoms with Crippen LogP contribution in [0.15, 0.2) is 108 Å². The van der Waals surface area contributed by atoms with Crippen molar-refractivity contribution in [2.45, 2.75) is 37.4 Å². The molecule has 0 bridgehead atoms. The highest BCUT2D eigenvalue weighted by molar-refractivity contribution is 7.99. The van der Waals surface area contributed by atoms with Gasteiger partial charge in [-0.15, -0.1) is 10.2 Å². The highest BCUT2D eigenvalue weighted by atomic mass is 35.5. The minimum Gasteiger partial charge on any atom is -0.339 e. The van der Waals surface area contributed by atoms with Crippen LogP contribution in [0.4, 0.5) is 0 Å². The maximum atomic E-state index is 13.3. The molecule has 2 amide bonds. The van der Waals surface area contributed by atoms with Gasteiger partial charge >= 0.3 is 0 Å². The van der Waals surface area contributed by atoms with Crippen LogP contribution in [-0.4, -0.2) is 67.8 Å². The molecule has 10 heteroatoms. The zero-order valence-electron chi connectivity index (χ0n) is 26.1. The molecule has 1 saturated heterocycles. The molecule has 4 aromatic carbocycles. The van der Waals surface area contributed by atoms with Crippen molar-refractivity contribution in [3.8, 4) is 16.8 Å². The van der Waals surface area contributed by atoms with Crippen LogP contribution in [0.1, 0.15) is 41.5 Å². The molecule has 0 N–H and O–H groups in total. The van der Waals surface area contributed by atoms with Crippen LogP contribution in [0, 0.1) is 0 Å². The van der Waals surface area contributed by atoms with Crippen molar-refractivity contribution in [1.82, 2.24) is 24.6 Å². The largest absolute Gasteiger partial charge is 0.339 e. The Kier molecular flexibility index (Phi) is 10.6. The van der Waals surface area contributed by atoms with E-state index in [1.54, 1.807) is 17.8 Å². The van der Waals surface area contributed by atoms with Gasteiger partial charge in [0.25, 0.3) is 5.91 Å². The molecule has 1 aromatic heterocycles. The molecule has 0 spiro atoms. The number of rotatable bonds is 10. The molecule has 1 unspecified atom stereocenters. The van der Waals surface area contributed by atoms with Gasteiger partial charge in [-0.2, -0.15) is 0 Å². The van der Waals surface area contributed by atoms with E-state index in [0.717, 1.165) is 33.4 Å². The quantitative estimate of drug-likeness (QED) is 0.110. The van der Waals surface area contributed by atoms with Gasteiger partial charge in [0.2, 0.25) is 5.91 Å². The zero-order chi connectivity index (χ0) is 32.8. The zero-order valence-corrected chi connectivity index (χ0v) is 28.4. The van der Waals surface area contributed by atoms with Crippen molar-refractivity contribution in [1.29, 1.82) is 0 Å². The first-order chi connectivity index (χ1) is 22.9. The Bertz CT molecular complexity index is 1830. The summed E-state index contributed by atoms with van der Waals surface area (Å²) in [6.07, 6.45) is 1.72. The van der Waals surface area contributed by atoms with Crippen molar-refractivity contribution >= 4 is 46.8 Å². The van der Waals surface area contributed by atoms with Gasteiger partial charge in [0.15, 0.2) is 5.16 Å². The molecule has 0 saturated carbocycles. The number of aromatic nitrogens is 3. The average Bonchev–Trinajstić information content (AvgIpc) is 3.50. The Labute approximate surface area is 289 Å². The first-order valence-electron chi connectivity index (χ1n) is 15.7. The van der Waals surface area contributed by atoms with Crippen LogP contribution in [-0.2, 0) is 11.2 Å². The number of halogens is 2. The molecule has 1 aliphatic heterocycles. The lowest BCUT2D eigenvalue weighted by Crippen LogP contribution is -2.55. The fourth-order valence-electron chi connectivity index (χ4n) is 5.80. The molecular weight excluding hydrogens is 649 g/mol. The van der Waals surface area contributed by atoms with Crippen molar-refractivity contribution in [3.05, 3.63) is 130 Å². The van der Waals surface area contributed by atoms with Gasteiger partial charge in [-0.05, 0) is 60.4 Å². The van der Waals surface area contributed by atoms with E-state index in [-0.39, 0.29) is 17.9 Å². The summed E-state index contributed by atoms with van der Waals surface area (Å²) in [5.74, 6) is 1.59. The first-order valence-corrected chi connectivity index (χ1v) is 17.4. The van der Waals surface area contributed by atoms with E-state index in [2.05, 4.69) is 34.5 Å². The number of hydrogen-bond acceptors (Lipinski definition) is 5. The second kappa shape index (κ2) is 15.2. The standard InChI is InChI=1S/C37H35Cl2N5O2S/c1-26-25-42(20-21-43(26)36(46)30-16-14-29(15-17-30)28-11-6-3-7-12-28)35(45)13-8-22-47-37-41-40-34(23-27-9-4-2-5-10-27)44(37)31-18-19-32(38)33(39)24-31/h2-7,9-12,14-19,24,26H,8,13,20-23,25H2,1H3. The van der Waals surface area contributed by atoms with Crippen LogP contribution in [0.25, 0.3) is 16.8 Å². The van der Waals surface area contributed by atoms with Crippen molar-refractivity contribution < 1.29 is 9.59 Å². The molecule has 47 heavy (non-hydrogen) atoms. The smallest absolute Gasteiger partial charge is 0.254 e. The van der Waals surface area contributed by atoms with E-state index in [9.17, 15) is 9.59 Å². The van der Waals surface area contributed by atoms with Gasteiger partial charge < -0.3 is 9.80 Å². The second-order valence-corrected chi connectivity index (χ2v) is 13.5. The van der Waals surface area contributed by atoms with E-state index in [1.807, 2.05) is 94.1 Å². The Morgan fingerprint density at radius 1 is 0.830 bits per heavy atom. The van der Waals surface area contributed by atoms with E-state index in [0.29, 0.717) is 60.3 Å². The SMILES string of the molecule is CC1CN(C(=O)CCCSc2nnc(Cc3ccccc3)n2-c2ccc(Cl)c(Cl)c2)CCN1C(=O)c1ccc(-c2ccccc2)cc1. The lowest BCUT2D eigenvalue weighted by molar-refractivity contribution is -0.133. The summed E-state index contributed by atoms with van der Waals surface area (Å²) in [6, 6.07) is 33.4. The fourth-order valence-corrected chi connectivity index (χ4v) is 7.00. The van der Waals surface area contributed by atoms with E-state index >= 15 is 0 Å². The summed E-state index contributed by atoms with van der Waals surface area (Å²) in [5, 5.41) is 10.7. The molecule has 0 radical (unpaired) electrons. The Hall–Kier alpha value is -4.11. The van der Waals surface area contributed by atoms with Gasteiger partial charge in [0, 0.05) is 49.8 Å². The van der Waals surface area contributed by atoms with Crippen LogP contribution >= 0.6 is 35.0 Å². The topological polar surface area (TPSA) is 71.3 Å². The molecule has 240 valence electrons. The number of carbonyl (C=O) groups is 2. The van der Waals surface area contributed by atoms with E-state index < -0.39 is 0 Å². The summed E-state index contributed by atoms with van der Waals surface area (Å²) in [5.41, 5.74) is 4.81. The van der Waals surface area contributed by atoms with E-state index in [1.165, 1.54) is 0 Å². The number of hydrogen-bond donors (Lipinski definition) is 0. The minimum absolute atomic E-state index is 0.00155. The highest BCUT2D eigenvalue weighted by Crippen LogP contribution is 2.29. The molecule has 1 atom stereocenters. The van der Waals surface area contributed by atoms with Crippen LogP contribution < -0.4 is 0 Å². The molecule has 7 nitrogen and oxygen atoms in total. The highest BCUT2D eigenvalue weighted by Gasteiger charge is 2.30. The van der Waals surface area contributed by atoms with Crippen molar-refractivity contribution in [2.75, 3.05) is 25.4 Å². The van der Waals surface area contributed by atoms with Gasteiger partial charge in [-0.3, -0.25) is 14.2 Å². The maximum absolute atomic E-state index is 13.3. The maximum Gasteiger partial charge on any atom is 0.254 e. The molecule has 0 aliphatic carbocycles. The third-order valence-electron chi connectivity index (χ3n) is 8.31. The lowest BCUT2D eigenvalue weighted by atomic mass is 10.0. The second-order valence-electron chi connectivity index (χ2n) is 11.6. The van der Waals surface area contributed by atoms with Crippen LogP contribution in [0.2, 0.25) is 10.0 Å². The van der Waals surface area contributed by atoms with Crippen LogP contribution in [0.5, 0.6) is 0 Å². The summed E-state index contributed by atoms with van der Waals surface area (Å²) >= 11 is 14.1. The molecule has 5 aromatic rings. The predicted molar refractivity (Wildman–Crippen MR) is 190 cm³/mol. The van der Waals surface area contributed by atoms with Gasteiger partial charge in [0.1, 0.15) is 5.82 Å². The molecule has 1 aliphatic rings. The van der Waals surface area contributed by atoms with Crippen LogP contribution in [0.3, 0.4) is 0 Å². The molecule has 1 fully saturated rings. The van der Waals surface area contributed by atoms with Crippen molar-refractivity contribution in [3.63, 3.8) is 0 Å². The molecular formula is C37H35Cl2N5O2S. The number of amides is 2. The summed E-state index contributed by atoms with van der Waals surface area (Å²) in [6.45, 7) is 3.57. The van der Waals surface area contributed by atoms with Gasteiger partial charge in [0.05, 0.1) is 15.7 Å². The Balaban J connectivity index is 1.03. The van der Waals surface area contributed by atoms with Gasteiger partial charge in [-0.25, -0.2) is 0 Å². The summed E-state index contributed by atoms with van der Waals surface area (Å²) < 4.78 is 2.01. The number of nitrogens with zero attached hydrogens (tertiary/aromatic N) is 5. The van der Waals surface area contributed by atoms with Gasteiger partial charge in [-0.1, -0.05) is 108 Å². The summed E-state index contributed by atoms with van der Waals surface area (Å²) in [7, 11) is 0. The monoisotopic (exact) mass is 683 g/mol. The Morgan fingerprint density at radius 3 is 2.23 bits per heavy atom. The lowest BCUT2D eigenvalue weighted by Gasteiger charge is -2.40. The number of thioether (sulfide) groups is 1. The normalized spacial score (nSPS) is 14.7. The third kappa shape index (κ3) is 7.89. The van der Waals surface area contributed by atoms with E-state index in [4.69, 9.17) is 23.2 Å². The first kappa shape index (κ1) is 32.8. The minimum atomic E-state index is -0.0730. The average molecular weight is 685 g/mol. The number of benzene rings is 4. The summed E-state index contributed by atoms with van der Waals surface area (Å²) in [4.78, 5) is 30.3. The fraction of sp³-hybridized carbons (Fsp3) is 0.243.